The highest BCUT2D eigenvalue weighted by Gasteiger charge is 2.67. The maximum atomic E-state index is 8.90. The van der Waals surface area contributed by atoms with E-state index in [9.17, 15) is 0 Å². The normalized spacial score (nSPS) is 53.1. The van der Waals surface area contributed by atoms with Crippen molar-refractivity contribution in [3.05, 3.63) is 0 Å². The topological polar surface area (TPSA) is 46.2 Å². The number of aliphatic hydroxyl groups is 1. The van der Waals surface area contributed by atoms with Crippen molar-refractivity contribution in [1.82, 2.24) is 0 Å². The zero-order valence-electron chi connectivity index (χ0n) is 6.43. The Morgan fingerprint density at radius 1 is 1.50 bits per heavy atom. The van der Waals surface area contributed by atoms with Gasteiger partial charge < -0.3 is 10.8 Å². The van der Waals surface area contributed by atoms with Crippen LogP contribution in [-0.2, 0) is 0 Å². The zero-order chi connectivity index (χ0) is 7.41. The molecule has 0 amide bonds. The molecular weight excluding hydrogens is 126 g/mol. The van der Waals surface area contributed by atoms with Crippen LogP contribution in [0.1, 0.15) is 26.2 Å². The van der Waals surface area contributed by atoms with Crippen LogP contribution < -0.4 is 5.73 Å². The first-order valence-corrected chi connectivity index (χ1v) is 4.00. The van der Waals surface area contributed by atoms with Crippen molar-refractivity contribution in [1.29, 1.82) is 0 Å². The molecule has 2 nitrogen and oxygen atoms in total. The van der Waals surface area contributed by atoms with Gasteiger partial charge in [-0.2, -0.15) is 0 Å². The highest BCUT2D eigenvalue weighted by Crippen LogP contribution is 2.69. The van der Waals surface area contributed by atoms with Crippen molar-refractivity contribution in [2.75, 3.05) is 6.61 Å². The van der Waals surface area contributed by atoms with E-state index in [0.717, 1.165) is 19.3 Å². The number of hydrogen-bond donors (Lipinski definition) is 2. The summed E-state index contributed by atoms with van der Waals surface area (Å²) in [6.45, 7) is 2.45. The van der Waals surface area contributed by atoms with E-state index >= 15 is 0 Å². The van der Waals surface area contributed by atoms with Crippen molar-refractivity contribution >= 4 is 0 Å². The van der Waals surface area contributed by atoms with Gasteiger partial charge in [0.15, 0.2) is 0 Å². The largest absolute Gasteiger partial charge is 0.396 e. The lowest BCUT2D eigenvalue weighted by molar-refractivity contribution is -0.175. The maximum absolute atomic E-state index is 8.90. The Bertz CT molecular complexity index is 147. The molecule has 0 spiro atoms. The fourth-order valence-electron chi connectivity index (χ4n) is 2.66. The second-order valence-electron chi connectivity index (χ2n) is 4.34. The van der Waals surface area contributed by atoms with Crippen LogP contribution in [0.3, 0.4) is 0 Å². The molecule has 0 heterocycles. The van der Waals surface area contributed by atoms with Crippen LogP contribution in [0.4, 0.5) is 0 Å². The van der Waals surface area contributed by atoms with Crippen LogP contribution in [0.25, 0.3) is 0 Å². The third-order valence-electron chi connectivity index (χ3n) is 3.43. The van der Waals surface area contributed by atoms with Gasteiger partial charge in [0, 0.05) is 12.1 Å². The van der Waals surface area contributed by atoms with Gasteiger partial charge in [0.2, 0.25) is 0 Å². The lowest BCUT2D eigenvalue weighted by Crippen LogP contribution is -2.74. The van der Waals surface area contributed by atoms with Crippen LogP contribution in [-0.4, -0.2) is 17.3 Å². The third kappa shape index (κ3) is 0.565. The van der Waals surface area contributed by atoms with E-state index in [1.807, 2.05) is 0 Å². The maximum Gasteiger partial charge on any atom is 0.0461 e. The summed E-state index contributed by atoms with van der Waals surface area (Å²) in [5, 5.41) is 8.90. The van der Waals surface area contributed by atoms with Crippen LogP contribution in [0.5, 0.6) is 0 Å². The molecular formula is C8H15NO. The zero-order valence-corrected chi connectivity index (χ0v) is 6.43. The Morgan fingerprint density at radius 3 is 2.30 bits per heavy atom. The standard InChI is InChI=1S/C8H15NO/c1-6(2-10)7-3-8(9,4-7)5-7/h6,10H,2-5,9H2,1H3. The molecule has 0 saturated heterocycles. The molecule has 3 saturated carbocycles. The summed E-state index contributed by atoms with van der Waals surface area (Å²) < 4.78 is 0. The van der Waals surface area contributed by atoms with Crippen molar-refractivity contribution in [2.24, 2.45) is 17.1 Å². The van der Waals surface area contributed by atoms with E-state index in [1.54, 1.807) is 0 Å². The summed E-state index contributed by atoms with van der Waals surface area (Å²) in [5.41, 5.74) is 6.54. The third-order valence-corrected chi connectivity index (χ3v) is 3.43. The van der Waals surface area contributed by atoms with E-state index < -0.39 is 0 Å². The molecule has 58 valence electrons. The quantitative estimate of drug-likeness (QED) is 0.588. The van der Waals surface area contributed by atoms with Gasteiger partial charge >= 0.3 is 0 Å². The van der Waals surface area contributed by atoms with Gasteiger partial charge in [-0.25, -0.2) is 0 Å². The summed E-state index contributed by atoms with van der Waals surface area (Å²) in [6.07, 6.45) is 3.46. The number of nitrogens with two attached hydrogens (primary N) is 1. The average Bonchev–Trinajstić information content (AvgIpc) is 1.77. The van der Waals surface area contributed by atoms with Gasteiger partial charge in [0.1, 0.15) is 0 Å². The molecule has 3 aliphatic carbocycles. The molecule has 0 aromatic carbocycles. The Morgan fingerprint density at radius 2 is 2.00 bits per heavy atom. The Kier molecular flexibility index (Phi) is 1.03. The van der Waals surface area contributed by atoms with Gasteiger partial charge in [-0.05, 0) is 30.6 Å². The lowest BCUT2D eigenvalue weighted by atomic mass is 9.36. The number of aliphatic hydroxyl groups excluding tert-OH is 1. The average molecular weight is 141 g/mol. The Balaban J connectivity index is 1.98. The van der Waals surface area contributed by atoms with Gasteiger partial charge in [-0.15, -0.1) is 0 Å². The second-order valence-corrected chi connectivity index (χ2v) is 4.34. The minimum absolute atomic E-state index is 0.198. The van der Waals surface area contributed by atoms with Crippen molar-refractivity contribution in [3.63, 3.8) is 0 Å². The van der Waals surface area contributed by atoms with Crippen LogP contribution in [0, 0.1) is 11.3 Å². The summed E-state index contributed by atoms with van der Waals surface area (Å²) in [5.74, 6) is 0.470. The molecule has 2 heteroatoms. The molecule has 3 fully saturated rings. The molecule has 0 aromatic rings. The van der Waals surface area contributed by atoms with Crippen molar-refractivity contribution < 1.29 is 5.11 Å². The van der Waals surface area contributed by atoms with Crippen molar-refractivity contribution in [3.8, 4) is 0 Å². The van der Waals surface area contributed by atoms with Crippen LogP contribution in [0.15, 0.2) is 0 Å². The van der Waals surface area contributed by atoms with Crippen molar-refractivity contribution in [2.45, 2.75) is 31.7 Å². The Labute approximate surface area is 61.4 Å². The highest BCUT2D eigenvalue weighted by atomic mass is 16.3. The molecule has 3 N–H and O–H groups in total. The fourth-order valence-corrected chi connectivity index (χ4v) is 2.66. The SMILES string of the molecule is CC(CO)C12CC(N)(C1)C2. The summed E-state index contributed by atoms with van der Waals surface area (Å²) >= 11 is 0. The Hall–Kier alpha value is -0.0800. The van der Waals surface area contributed by atoms with Crippen LogP contribution in [0.2, 0.25) is 0 Å². The van der Waals surface area contributed by atoms with E-state index in [-0.39, 0.29) is 5.54 Å². The minimum atomic E-state index is 0.198. The minimum Gasteiger partial charge on any atom is -0.396 e. The van der Waals surface area contributed by atoms with E-state index in [4.69, 9.17) is 10.8 Å². The summed E-state index contributed by atoms with van der Waals surface area (Å²) in [4.78, 5) is 0. The van der Waals surface area contributed by atoms with Gasteiger partial charge in [0.25, 0.3) is 0 Å². The first-order chi connectivity index (χ1) is 4.60. The predicted molar refractivity (Wildman–Crippen MR) is 39.5 cm³/mol. The summed E-state index contributed by atoms with van der Waals surface area (Å²) in [7, 11) is 0. The van der Waals surface area contributed by atoms with Crippen LogP contribution >= 0.6 is 0 Å². The number of hydrogen-bond acceptors (Lipinski definition) is 2. The van der Waals surface area contributed by atoms with E-state index in [2.05, 4.69) is 6.92 Å². The van der Waals surface area contributed by atoms with Gasteiger partial charge in [0.05, 0.1) is 0 Å². The van der Waals surface area contributed by atoms with E-state index in [1.165, 1.54) is 0 Å². The molecule has 10 heavy (non-hydrogen) atoms. The monoisotopic (exact) mass is 141 g/mol. The molecule has 0 radical (unpaired) electrons. The predicted octanol–water partition coefficient (Wildman–Crippen LogP) is 0.496. The fraction of sp³-hybridized carbons (Fsp3) is 1.00. The van der Waals surface area contributed by atoms with Gasteiger partial charge in [-0.1, -0.05) is 6.92 Å². The molecule has 1 unspecified atom stereocenters. The smallest absolute Gasteiger partial charge is 0.0461 e. The van der Waals surface area contributed by atoms with Gasteiger partial charge in [-0.3, -0.25) is 0 Å². The molecule has 0 aliphatic heterocycles. The summed E-state index contributed by atoms with van der Waals surface area (Å²) in [6, 6.07) is 0. The highest BCUT2D eigenvalue weighted by molar-refractivity contribution is 5.22. The first kappa shape index (κ1) is 6.62. The second kappa shape index (κ2) is 1.56. The lowest BCUT2D eigenvalue weighted by Gasteiger charge is -2.71. The van der Waals surface area contributed by atoms with E-state index in [0.29, 0.717) is 17.9 Å². The molecule has 2 bridgehead atoms. The number of rotatable bonds is 2. The molecule has 3 aliphatic rings. The molecule has 1 atom stereocenters. The first-order valence-electron chi connectivity index (χ1n) is 4.00. The molecule has 0 aromatic heterocycles. The molecule has 3 rings (SSSR count).